The first-order chi connectivity index (χ1) is 15.1. The second-order valence-electron chi connectivity index (χ2n) is 9.45. The van der Waals surface area contributed by atoms with Gasteiger partial charge in [0.25, 0.3) is 0 Å². The minimum absolute atomic E-state index is 0.00814. The van der Waals surface area contributed by atoms with Crippen LogP contribution in [0.5, 0.6) is 0 Å². The Balaban J connectivity index is 1.92. The van der Waals surface area contributed by atoms with Crippen molar-refractivity contribution in [3.8, 4) is 0 Å². The molecule has 7 atom stereocenters. The summed E-state index contributed by atoms with van der Waals surface area (Å²) in [6.07, 6.45) is -0.721. The summed E-state index contributed by atoms with van der Waals surface area (Å²) in [5.74, 6) is 0. The van der Waals surface area contributed by atoms with E-state index in [1.807, 2.05) is 0 Å². The molecule has 0 aromatic carbocycles. The van der Waals surface area contributed by atoms with Crippen molar-refractivity contribution in [3.63, 3.8) is 0 Å². The van der Waals surface area contributed by atoms with Gasteiger partial charge >= 0.3 is 7.60 Å². The topological polar surface area (TPSA) is 176 Å². The highest BCUT2D eigenvalue weighted by atomic mass is 31.2. The van der Waals surface area contributed by atoms with Crippen LogP contribution in [0, 0.1) is 5.41 Å². The van der Waals surface area contributed by atoms with Crippen LogP contribution in [0.2, 0.25) is 0 Å². The number of aryl methyl sites for hydroxylation is 1. The first kappa shape index (κ1) is 26.0. The highest BCUT2D eigenvalue weighted by Gasteiger charge is 2.56. The van der Waals surface area contributed by atoms with Gasteiger partial charge in [0.05, 0.1) is 23.9 Å². The lowest BCUT2D eigenvalue weighted by molar-refractivity contribution is -0.127. The molecule has 1 saturated heterocycles. The van der Waals surface area contributed by atoms with E-state index < -0.39 is 42.6 Å². The minimum atomic E-state index is -4.45. The summed E-state index contributed by atoms with van der Waals surface area (Å²) in [7, 11) is -2.79. The van der Waals surface area contributed by atoms with Gasteiger partial charge in [0.1, 0.15) is 17.7 Å². The van der Waals surface area contributed by atoms with Gasteiger partial charge in [0, 0.05) is 13.5 Å². The van der Waals surface area contributed by atoms with Gasteiger partial charge < -0.3 is 34.0 Å². The quantitative estimate of drug-likeness (QED) is 0.342. The number of rotatable bonds is 8. The van der Waals surface area contributed by atoms with Crippen LogP contribution in [0.1, 0.15) is 60.1 Å². The molecule has 1 fully saturated rings. The van der Waals surface area contributed by atoms with Gasteiger partial charge in [0.2, 0.25) is 0 Å². The van der Waals surface area contributed by atoms with Crippen molar-refractivity contribution >= 4 is 18.8 Å². The highest BCUT2D eigenvalue weighted by Crippen LogP contribution is 2.59. The van der Waals surface area contributed by atoms with Crippen molar-refractivity contribution in [1.82, 2.24) is 19.1 Å². The van der Waals surface area contributed by atoms with Gasteiger partial charge in [-0.3, -0.25) is 14.5 Å². The van der Waals surface area contributed by atoms with Crippen LogP contribution in [0.4, 0.5) is 0 Å². The van der Waals surface area contributed by atoms with Gasteiger partial charge in [-0.2, -0.15) is 0 Å². The number of aromatic nitrogens is 4. The summed E-state index contributed by atoms with van der Waals surface area (Å²) >= 11 is 0. The normalized spacial score (nSPS) is 31.3. The van der Waals surface area contributed by atoms with Crippen molar-refractivity contribution in [1.29, 1.82) is 5.41 Å². The predicted octanol–water partition coefficient (Wildman–Crippen LogP) is 1.14. The Bertz CT molecular complexity index is 1130. The Morgan fingerprint density at radius 1 is 1.27 bits per heavy atom. The molecule has 0 spiro atoms. The first-order valence-electron chi connectivity index (χ1n) is 10.8. The van der Waals surface area contributed by atoms with Gasteiger partial charge in [-0.1, -0.05) is 13.8 Å². The van der Waals surface area contributed by atoms with Crippen LogP contribution < -0.4 is 5.49 Å². The Kier molecular flexibility index (Phi) is 6.71. The lowest BCUT2D eigenvalue weighted by atomic mass is 9.84. The number of aliphatic hydroxyl groups excluding tert-OH is 2. The molecule has 1 aliphatic heterocycles. The molecule has 3 heterocycles. The number of nitrogens with zero attached hydrogens (tertiary/aromatic N) is 4. The number of imidazole rings is 1. The lowest BCUT2D eigenvalue weighted by Gasteiger charge is -2.41. The molecule has 0 bridgehead atoms. The van der Waals surface area contributed by atoms with E-state index in [4.69, 9.17) is 14.7 Å². The molecule has 186 valence electrons. The largest absolute Gasteiger partial charge is 0.387 e. The first-order valence-corrected chi connectivity index (χ1v) is 12.4. The number of nitrogens with one attached hydrogen (secondary N) is 1. The van der Waals surface area contributed by atoms with Crippen LogP contribution in [-0.4, -0.2) is 68.1 Å². The third-order valence-electron chi connectivity index (χ3n) is 6.70. The molecular formula is C20H34N5O7P. The van der Waals surface area contributed by atoms with Crippen LogP contribution in [0.3, 0.4) is 0 Å². The van der Waals surface area contributed by atoms with E-state index in [9.17, 15) is 24.8 Å². The molecule has 0 saturated carbocycles. The summed E-state index contributed by atoms with van der Waals surface area (Å²) < 4.78 is 27.5. The summed E-state index contributed by atoms with van der Waals surface area (Å²) in [5.41, 5.74) is -1.88. The van der Waals surface area contributed by atoms with Crippen LogP contribution in [0.25, 0.3) is 11.2 Å². The summed E-state index contributed by atoms with van der Waals surface area (Å²) in [5, 5.41) is 38.3. The Labute approximate surface area is 191 Å². The second kappa shape index (κ2) is 8.53. The predicted molar refractivity (Wildman–Crippen MR) is 118 cm³/mol. The van der Waals surface area contributed by atoms with E-state index in [-0.39, 0.29) is 24.8 Å². The lowest BCUT2D eigenvalue weighted by Crippen LogP contribution is -2.47. The highest BCUT2D eigenvalue weighted by molar-refractivity contribution is 7.54. The molecule has 0 amide bonds. The van der Waals surface area contributed by atoms with Crippen LogP contribution in [-0.2, 0) is 20.9 Å². The monoisotopic (exact) mass is 487 g/mol. The summed E-state index contributed by atoms with van der Waals surface area (Å²) in [4.78, 5) is 18.9. The Morgan fingerprint density at radius 3 is 2.48 bits per heavy atom. The number of ether oxygens (including phenoxy) is 1. The zero-order valence-corrected chi connectivity index (χ0v) is 20.7. The molecule has 2 aromatic heterocycles. The van der Waals surface area contributed by atoms with E-state index in [1.54, 1.807) is 34.7 Å². The smallest absolute Gasteiger partial charge is 0.359 e. The van der Waals surface area contributed by atoms with Gasteiger partial charge in [-0.05, 0) is 33.6 Å². The standard InChI is InChI=1S/C20H34N5O7P/c1-7-18(3,32-33(29,30)20(5,28)8-2)9-19(4)14(27)13(26)17(31-19)25-11-22-12-15(21)24(6)10-23-16(12)25/h10-11,13-14,17,21,26-28H,7-9H2,1-6H3,(H,29,30). The average molecular weight is 487 g/mol. The zero-order valence-electron chi connectivity index (χ0n) is 19.8. The molecule has 0 aliphatic carbocycles. The molecule has 5 N–H and O–H groups in total. The fourth-order valence-corrected chi connectivity index (χ4v) is 5.45. The maximum Gasteiger partial charge on any atom is 0.359 e. The van der Waals surface area contributed by atoms with Crippen molar-refractivity contribution in [2.45, 2.75) is 88.9 Å². The number of hydrogen-bond acceptors (Lipinski definition) is 9. The fourth-order valence-electron chi connectivity index (χ4n) is 4.06. The molecule has 12 nitrogen and oxygen atoms in total. The third kappa shape index (κ3) is 4.41. The number of fused-ring (bicyclic) bond motifs is 1. The number of aliphatic hydroxyl groups is 3. The molecule has 7 unspecified atom stereocenters. The van der Waals surface area contributed by atoms with E-state index in [0.717, 1.165) is 0 Å². The molecule has 0 radical (unpaired) electrons. The van der Waals surface area contributed by atoms with Crippen molar-refractivity contribution in [3.05, 3.63) is 18.1 Å². The molecule has 13 heteroatoms. The van der Waals surface area contributed by atoms with E-state index in [1.165, 1.54) is 28.7 Å². The molecule has 33 heavy (non-hydrogen) atoms. The third-order valence-corrected chi connectivity index (χ3v) is 8.92. The van der Waals surface area contributed by atoms with E-state index in [0.29, 0.717) is 11.2 Å². The summed E-state index contributed by atoms with van der Waals surface area (Å²) in [6.45, 7) is 7.75. The summed E-state index contributed by atoms with van der Waals surface area (Å²) in [6, 6.07) is 0. The second-order valence-corrected chi connectivity index (χ2v) is 11.6. The maximum absolute atomic E-state index is 12.8. The van der Waals surface area contributed by atoms with Gasteiger partial charge in [0.15, 0.2) is 22.7 Å². The number of hydrogen-bond donors (Lipinski definition) is 5. The zero-order chi connectivity index (χ0) is 25.0. The van der Waals surface area contributed by atoms with E-state index >= 15 is 0 Å². The van der Waals surface area contributed by atoms with E-state index in [2.05, 4.69) is 9.97 Å². The molecule has 2 aromatic rings. The minimum Gasteiger partial charge on any atom is -0.387 e. The van der Waals surface area contributed by atoms with Crippen molar-refractivity contribution in [2.24, 2.45) is 7.05 Å². The van der Waals surface area contributed by atoms with Gasteiger partial charge in [-0.25, -0.2) is 9.97 Å². The van der Waals surface area contributed by atoms with Crippen LogP contribution >= 0.6 is 7.60 Å². The molecule has 1 aliphatic rings. The Hall–Kier alpha value is -1.66. The van der Waals surface area contributed by atoms with Crippen LogP contribution in [0.15, 0.2) is 12.7 Å². The Morgan fingerprint density at radius 2 is 1.91 bits per heavy atom. The SMILES string of the molecule is CCC(C)(CC1(C)OC(n2cnc3c(=N)n(C)cnc32)C(O)C1O)OP(=O)(O)C(C)(O)CC. The molecular weight excluding hydrogens is 453 g/mol. The molecule has 3 rings (SSSR count). The average Bonchev–Trinajstić information content (AvgIpc) is 3.25. The maximum atomic E-state index is 12.8. The van der Waals surface area contributed by atoms with Crippen molar-refractivity contribution in [2.75, 3.05) is 0 Å². The van der Waals surface area contributed by atoms with Gasteiger partial charge in [-0.15, -0.1) is 0 Å². The van der Waals surface area contributed by atoms with Crippen molar-refractivity contribution < 1.29 is 34.0 Å². The fraction of sp³-hybridized carbons (Fsp3) is 0.750.